The largest absolute Gasteiger partial charge is 0.346 e. The van der Waals surface area contributed by atoms with Gasteiger partial charge in [0, 0.05) is 9.75 Å². The van der Waals surface area contributed by atoms with E-state index in [2.05, 4.69) is 17.4 Å². The first kappa shape index (κ1) is 17.4. The molecule has 2 heterocycles. The molecular formula is C18H16N2O3S3. The predicted octanol–water partition coefficient (Wildman–Crippen LogP) is 3.15. The van der Waals surface area contributed by atoms with Gasteiger partial charge in [0.2, 0.25) is 10.0 Å². The molecule has 0 fully saturated rings. The monoisotopic (exact) mass is 404 g/mol. The molecule has 0 atom stereocenters. The maximum absolute atomic E-state index is 12.5. The number of sulfonamides is 1. The van der Waals surface area contributed by atoms with Gasteiger partial charge in [0.1, 0.15) is 4.21 Å². The zero-order valence-corrected chi connectivity index (χ0v) is 16.1. The van der Waals surface area contributed by atoms with Gasteiger partial charge in [-0.2, -0.15) is 0 Å². The molecule has 0 aliphatic heterocycles. The van der Waals surface area contributed by atoms with Gasteiger partial charge in [-0.3, -0.25) is 4.79 Å². The Balaban J connectivity index is 1.50. The van der Waals surface area contributed by atoms with Gasteiger partial charge in [-0.25, -0.2) is 13.6 Å². The molecule has 0 unspecified atom stereocenters. The van der Waals surface area contributed by atoms with Gasteiger partial charge in [-0.15, -0.1) is 22.7 Å². The normalized spacial score (nSPS) is 13.1. The Morgan fingerprint density at radius 2 is 1.85 bits per heavy atom. The van der Waals surface area contributed by atoms with Crippen molar-refractivity contribution in [2.45, 2.75) is 23.6 Å². The van der Waals surface area contributed by atoms with Crippen LogP contribution in [0, 0.1) is 0 Å². The molecule has 8 heteroatoms. The smallest absolute Gasteiger partial charge is 0.261 e. The number of rotatable bonds is 4. The summed E-state index contributed by atoms with van der Waals surface area (Å²) in [5.41, 5.74) is 3.75. The summed E-state index contributed by atoms with van der Waals surface area (Å²) in [6.45, 7) is 0.276. The fraction of sp³-hybridized carbons (Fsp3) is 0.167. The van der Waals surface area contributed by atoms with E-state index in [1.165, 1.54) is 39.0 Å². The van der Waals surface area contributed by atoms with Gasteiger partial charge in [-0.1, -0.05) is 24.3 Å². The highest BCUT2D eigenvalue weighted by Gasteiger charge is 2.21. The molecule has 2 aromatic heterocycles. The second-order valence-electron chi connectivity index (χ2n) is 6.07. The number of benzene rings is 1. The number of hydrogen-bond donors (Lipinski definition) is 2. The SMILES string of the molecule is NS(=O)(=O)c1ccc(CNC(=O)c2cc3c(s2)-c2ccccc2CC3)s1. The second kappa shape index (κ2) is 6.62. The van der Waals surface area contributed by atoms with Gasteiger partial charge in [0.25, 0.3) is 5.91 Å². The van der Waals surface area contributed by atoms with Gasteiger partial charge < -0.3 is 5.32 Å². The van der Waals surface area contributed by atoms with Crippen LogP contribution in [0.2, 0.25) is 0 Å². The Morgan fingerprint density at radius 3 is 2.62 bits per heavy atom. The van der Waals surface area contributed by atoms with Gasteiger partial charge in [0.05, 0.1) is 11.4 Å². The molecule has 3 N–H and O–H groups in total. The maximum Gasteiger partial charge on any atom is 0.261 e. The molecule has 0 saturated heterocycles. The molecule has 4 rings (SSSR count). The lowest BCUT2D eigenvalue weighted by Gasteiger charge is -2.15. The summed E-state index contributed by atoms with van der Waals surface area (Å²) in [6, 6.07) is 13.4. The third-order valence-electron chi connectivity index (χ3n) is 4.30. The fourth-order valence-corrected chi connectivity index (χ4v) is 5.95. The molecule has 26 heavy (non-hydrogen) atoms. The topological polar surface area (TPSA) is 89.3 Å². The van der Waals surface area contributed by atoms with Crippen LogP contribution in [-0.2, 0) is 29.4 Å². The highest BCUT2D eigenvalue weighted by molar-refractivity contribution is 7.91. The Kier molecular flexibility index (Phi) is 4.44. The van der Waals surface area contributed by atoms with Crippen molar-refractivity contribution >= 4 is 38.6 Å². The number of thiophene rings is 2. The van der Waals surface area contributed by atoms with Crippen LogP contribution in [0.25, 0.3) is 10.4 Å². The zero-order chi connectivity index (χ0) is 18.3. The lowest BCUT2D eigenvalue weighted by atomic mass is 9.91. The Bertz CT molecular complexity index is 1100. The van der Waals surface area contributed by atoms with Crippen LogP contribution < -0.4 is 10.5 Å². The van der Waals surface area contributed by atoms with E-state index in [1.54, 1.807) is 6.07 Å². The van der Waals surface area contributed by atoms with Gasteiger partial charge in [0.15, 0.2) is 0 Å². The van der Waals surface area contributed by atoms with E-state index >= 15 is 0 Å². The molecule has 1 aromatic carbocycles. The van der Waals surface area contributed by atoms with E-state index < -0.39 is 10.0 Å². The Morgan fingerprint density at radius 1 is 1.08 bits per heavy atom. The molecule has 0 spiro atoms. The molecule has 0 saturated carbocycles. The van der Waals surface area contributed by atoms with Crippen molar-refractivity contribution in [3.8, 4) is 10.4 Å². The third-order valence-corrected chi connectivity index (χ3v) is 8.03. The quantitative estimate of drug-likeness (QED) is 0.700. The molecule has 0 bridgehead atoms. The van der Waals surface area contributed by atoms with Crippen molar-refractivity contribution in [3.63, 3.8) is 0 Å². The predicted molar refractivity (Wildman–Crippen MR) is 104 cm³/mol. The number of aryl methyl sites for hydroxylation is 2. The number of hydrogen-bond acceptors (Lipinski definition) is 5. The van der Waals surface area contributed by atoms with Gasteiger partial charge in [-0.05, 0) is 47.7 Å². The highest BCUT2D eigenvalue weighted by atomic mass is 32.2. The number of carbonyl (C=O) groups excluding carboxylic acids is 1. The minimum atomic E-state index is -3.70. The van der Waals surface area contributed by atoms with E-state index in [4.69, 9.17) is 5.14 Å². The van der Waals surface area contributed by atoms with E-state index in [1.807, 2.05) is 18.2 Å². The Labute approximate surface area is 159 Å². The molecule has 3 aromatic rings. The van der Waals surface area contributed by atoms with Crippen LogP contribution in [0.15, 0.2) is 46.7 Å². The summed E-state index contributed by atoms with van der Waals surface area (Å²) >= 11 is 2.58. The maximum atomic E-state index is 12.5. The van der Waals surface area contributed by atoms with Crippen molar-refractivity contribution in [3.05, 3.63) is 63.3 Å². The standard InChI is InChI=1S/C18H16N2O3S3/c19-26(22,23)16-8-7-13(24-16)10-20-18(21)15-9-12-6-5-11-3-1-2-4-14(11)17(12)25-15/h1-4,7-9H,5-6,10H2,(H,20,21)(H2,19,22,23). The van der Waals surface area contributed by atoms with E-state index in [9.17, 15) is 13.2 Å². The second-order valence-corrected chi connectivity index (χ2v) is 10.1. The zero-order valence-electron chi connectivity index (χ0n) is 13.7. The summed E-state index contributed by atoms with van der Waals surface area (Å²) in [6.07, 6.45) is 1.94. The lowest BCUT2D eigenvalue weighted by Crippen LogP contribution is -2.21. The molecule has 134 valence electrons. The molecule has 1 amide bonds. The van der Waals surface area contributed by atoms with Crippen molar-refractivity contribution in [2.24, 2.45) is 5.14 Å². The number of primary sulfonamides is 1. The summed E-state index contributed by atoms with van der Waals surface area (Å²) in [4.78, 5) is 15.1. The van der Waals surface area contributed by atoms with Gasteiger partial charge >= 0.3 is 0 Å². The average molecular weight is 405 g/mol. The van der Waals surface area contributed by atoms with Crippen LogP contribution in [0.5, 0.6) is 0 Å². The van der Waals surface area contributed by atoms with E-state index in [-0.39, 0.29) is 16.7 Å². The highest BCUT2D eigenvalue weighted by Crippen LogP contribution is 2.39. The fourth-order valence-electron chi connectivity index (χ4n) is 3.04. The summed E-state index contributed by atoms with van der Waals surface area (Å²) < 4.78 is 22.7. The van der Waals surface area contributed by atoms with Crippen molar-refractivity contribution in [2.75, 3.05) is 0 Å². The number of fused-ring (bicyclic) bond motifs is 3. The molecule has 5 nitrogen and oxygen atoms in total. The van der Waals surface area contributed by atoms with Crippen LogP contribution in [-0.4, -0.2) is 14.3 Å². The molecule has 0 radical (unpaired) electrons. The van der Waals surface area contributed by atoms with E-state index in [0.29, 0.717) is 4.88 Å². The first-order valence-electron chi connectivity index (χ1n) is 8.02. The minimum absolute atomic E-state index is 0.102. The van der Waals surface area contributed by atoms with Crippen LogP contribution in [0.1, 0.15) is 25.7 Å². The first-order valence-corrected chi connectivity index (χ1v) is 11.2. The minimum Gasteiger partial charge on any atom is -0.346 e. The summed E-state index contributed by atoms with van der Waals surface area (Å²) in [5, 5.41) is 7.97. The van der Waals surface area contributed by atoms with Crippen molar-refractivity contribution in [1.82, 2.24) is 5.32 Å². The Hall–Kier alpha value is -2.00. The van der Waals surface area contributed by atoms with Crippen molar-refractivity contribution in [1.29, 1.82) is 0 Å². The molecular weight excluding hydrogens is 388 g/mol. The molecule has 1 aliphatic rings. The number of carbonyl (C=O) groups is 1. The third kappa shape index (κ3) is 3.33. The number of amides is 1. The summed E-state index contributed by atoms with van der Waals surface area (Å²) in [5.74, 6) is -0.146. The summed E-state index contributed by atoms with van der Waals surface area (Å²) in [7, 11) is -3.70. The van der Waals surface area contributed by atoms with Crippen LogP contribution >= 0.6 is 22.7 Å². The number of nitrogens with one attached hydrogen (secondary N) is 1. The lowest BCUT2D eigenvalue weighted by molar-refractivity contribution is 0.0955. The average Bonchev–Trinajstić information content (AvgIpc) is 3.26. The first-order chi connectivity index (χ1) is 12.4. The van der Waals surface area contributed by atoms with Crippen LogP contribution in [0.3, 0.4) is 0 Å². The van der Waals surface area contributed by atoms with Crippen molar-refractivity contribution < 1.29 is 13.2 Å². The number of nitrogens with two attached hydrogens (primary N) is 1. The molecule has 1 aliphatic carbocycles. The van der Waals surface area contributed by atoms with E-state index in [0.717, 1.165) is 29.1 Å². The van der Waals surface area contributed by atoms with Crippen LogP contribution in [0.4, 0.5) is 0 Å².